The number of imidazole rings is 1. The lowest BCUT2D eigenvalue weighted by Crippen LogP contribution is -2.11. The van der Waals surface area contributed by atoms with Crippen LogP contribution >= 0.6 is 15.9 Å². The fourth-order valence-corrected chi connectivity index (χ4v) is 1.44. The van der Waals surface area contributed by atoms with Crippen molar-refractivity contribution in [2.24, 2.45) is 0 Å². The lowest BCUT2D eigenvalue weighted by atomic mass is 10.5. The van der Waals surface area contributed by atoms with E-state index in [9.17, 15) is 0 Å². The maximum atomic E-state index is 4.29. The summed E-state index contributed by atoms with van der Waals surface area (Å²) in [5.74, 6) is 1.07. The summed E-state index contributed by atoms with van der Waals surface area (Å²) in [6.45, 7) is 3.89. The number of aryl methyl sites for hydroxylation is 1. The van der Waals surface area contributed by atoms with Crippen LogP contribution in [-0.4, -0.2) is 16.6 Å². The molecular formula is C7H12BrN3. The molecule has 1 aromatic heterocycles. The van der Waals surface area contributed by atoms with Crippen LogP contribution in [0.4, 0.5) is 0 Å². The zero-order valence-corrected chi connectivity index (χ0v) is 8.35. The molecule has 0 amide bonds. The summed E-state index contributed by atoms with van der Waals surface area (Å²) in [4.78, 5) is 4.29. The Morgan fingerprint density at radius 1 is 1.73 bits per heavy atom. The molecule has 0 atom stereocenters. The molecule has 0 aromatic carbocycles. The van der Waals surface area contributed by atoms with Crippen molar-refractivity contribution in [3.63, 3.8) is 0 Å². The lowest BCUT2D eigenvalue weighted by molar-refractivity contribution is 0.657. The SMILES string of the molecule is CCn1cc(Br)nc1CNC. The number of hydrogen-bond donors (Lipinski definition) is 1. The Balaban J connectivity index is 2.83. The molecule has 1 aromatic rings. The average molecular weight is 218 g/mol. The summed E-state index contributed by atoms with van der Waals surface area (Å²) < 4.78 is 3.02. The molecule has 1 rings (SSSR count). The third-order valence-corrected chi connectivity index (χ3v) is 1.89. The summed E-state index contributed by atoms with van der Waals surface area (Å²) in [7, 11) is 1.92. The van der Waals surface area contributed by atoms with E-state index in [0.29, 0.717) is 0 Å². The van der Waals surface area contributed by atoms with Crippen LogP contribution in [0.2, 0.25) is 0 Å². The van der Waals surface area contributed by atoms with Gasteiger partial charge in [-0.3, -0.25) is 0 Å². The van der Waals surface area contributed by atoms with Gasteiger partial charge in [-0.25, -0.2) is 4.98 Å². The standard InChI is InChI=1S/C7H12BrN3/c1-3-11-5-6(8)10-7(11)4-9-2/h5,9H,3-4H2,1-2H3. The number of halogens is 1. The molecule has 0 aliphatic heterocycles. The van der Waals surface area contributed by atoms with Crippen LogP contribution in [0.3, 0.4) is 0 Å². The predicted molar refractivity (Wildman–Crippen MR) is 48.4 cm³/mol. The van der Waals surface area contributed by atoms with Gasteiger partial charge in [-0.05, 0) is 29.9 Å². The van der Waals surface area contributed by atoms with Gasteiger partial charge in [-0.1, -0.05) is 0 Å². The van der Waals surface area contributed by atoms with Crippen LogP contribution in [0.5, 0.6) is 0 Å². The minimum Gasteiger partial charge on any atom is -0.333 e. The van der Waals surface area contributed by atoms with E-state index in [1.54, 1.807) is 0 Å². The molecule has 1 N–H and O–H groups in total. The fourth-order valence-electron chi connectivity index (χ4n) is 0.992. The van der Waals surface area contributed by atoms with Crippen LogP contribution in [0.25, 0.3) is 0 Å². The van der Waals surface area contributed by atoms with E-state index in [1.807, 2.05) is 13.2 Å². The third-order valence-electron chi connectivity index (χ3n) is 1.51. The maximum Gasteiger partial charge on any atom is 0.124 e. The molecule has 0 saturated heterocycles. The Morgan fingerprint density at radius 3 is 3.00 bits per heavy atom. The number of rotatable bonds is 3. The summed E-state index contributed by atoms with van der Waals surface area (Å²) in [6, 6.07) is 0. The van der Waals surface area contributed by atoms with Gasteiger partial charge in [-0.2, -0.15) is 0 Å². The van der Waals surface area contributed by atoms with Gasteiger partial charge in [-0.15, -0.1) is 0 Å². The fraction of sp³-hybridized carbons (Fsp3) is 0.571. The van der Waals surface area contributed by atoms with Gasteiger partial charge in [0.05, 0.1) is 6.54 Å². The maximum absolute atomic E-state index is 4.29. The first-order valence-corrected chi connectivity index (χ1v) is 4.43. The van der Waals surface area contributed by atoms with Crippen LogP contribution in [0.15, 0.2) is 10.8 Å². The van der Waals surface area contributed by atoms with Crippen molar-refractivity contribution in [3.8, 4) is 0 Å². The normalized spacial score (nSPS) is 10.5. The van der Waals surface area contributed by atoms with Crippen molar-refractivity contribution < 1.29 is 0 Å². The van der Waals surface area contributed by atoms with Crippen molar-refractivity contribution in [1.82, 2.24) is 14.9 Å². The van der Waals surface area contributed by atoms with E-state index in [4.69, 9.17) is 0 Å². The van der Waals surface area contributed by atoms with Crippen LogP contribution in [-0.2, 0) is 13.1 Å². The highest BCUT2D eigenvalue weighted by Gasteiger charge is 2.02. The van der Waals surface area contributed by atoms with E-state index >= 15 is 0 Å². The molecule has 0 spiro atoms. The summed E-state index contributed by atoms with van der Waals surface area (Å²) >= 11 is 3.33. The molecular weight excluding hydrogens is 206 g/mol. The smallest absolute Gasteiger partial charge is 0.124 e. The van der Waals surface area contributed by atoms with E-state index < -0.39 is 0 Å². The van der Waals surface area contributed by atoms with Crippen molar-refractivity contribution in [3.05, 3.63) is 16.6 Å². The van der Waals surface area contributed by atoms with Crippen molar-refractivity contribution in [1.29, 1.82) is 0 Å². The zero-order chi connectivity index (χ0) is 8.27. The first-order valence-electron chi connectivity index (χ1n) is 3.64. The van der Waals surface area contributed by atoms with E-state index in [0.717, 1.165) is 23.5 Å². The van der Waals surface area contributed by atoms with Gasteiger partial charge < -0.3 is 9.88 Å². The van der Waals surface area contributed by atoms with Gasteiger partial charge in [0.25, 0.3) is 0 Å². The molecule has 0 aliphatic rings. The predicted octanol–water partition coefficient (Wildman–Crippen LogP) is 1.38. The summed E-state index contributed by atoms with van der Waals surface area (Å²) in [6.07, 6.45) is 1.99. The van der Waals surface area contributed by atoms with Crippen LogP contribution in [0, 0.1) is 0 Å². The number of hydrogen-bond acceptors (Lipinski definition) is 2. The van der Waals surface area contributed by atoms with E-state index in [1.165, 1.54) is 0 Å². The Bertz CT molecular complexity index is 232. The highest BCUT2D eigenvalue weighted by atomic mass is 79.9. The molecule has 11 heavy (non-hydrogen) atoms. The number of aromatic nitrogens is 2. The molecule has 0 unspecified atom stereocenters. The highest BCUT2D eigenvalue weighted by Crippen LogP contribution is 2.09. The number of nitrogens with one attached hydrogen (secondary N) is 1. The largest absolute Gasteiger partial charge is 0.333 e. The molecule has 0 bridgehead atoms. The molecule has 4 heteroatoms. The van der Waals surface area contributed by atoms with E-state index in [2.05, 4.69) is 37.7 Å². The van der Waals surface area contributed by atoms with Gasteiger partial charge in [0.1, 0.15) is 10.4 Å². The monoisotopic (exact) mass is 217 g/mol. The van der Waals surface area contributed by atoms with Gasteiger partial charge >= 0.3 is 0 Å². The molecule has 3 nitrogen and oxygen atoms in total. The zero-order valence-electron chi connectivity index (χ0n) is 6.76. The first kappa shape index (κ1) is 8.74. The molecule has 0 saturated carbocycles. The molecule has 0 aliphatic carbocycles. The first-order chi connectivity index (χ1) is 5.27. The third kappa shape index (κ3) is 2.04. The quantitative estimate of drug-likeness (QED) is 0.830. The van der Waals surface area contributed by atoms with Gasteiger partial charge in [0.15, 0.2) is 0 Å². The van der Waals surface area contributed by atoms with Crippen LogP contribution < -0.4 is 5.32 Å². The average Bonchev–Trinajstić information content (AvgIpc) is 2.32. The Kier molecular flexibility index (Phi) is 3.08. The molecule has 0 radical (unpaired) electrons. The second kappa shape index (κ2) is 3.88. The minimum atomic E-state index is 0.819. The Morgan fingerprint density at radius 2 is 2.45 bits per heavy atom. The highest BCUT2D eigenvalue weighted by molar-refractivity contribution is 9.10. The van der Waals surface area contributed by atoms with Crippen molar-refractivity contribution in [2.75, 3.05) is 7.05 Å². The topological polar surface area (TPSA) is 29.9 Å². The molecule has 1 heterocycles. The summed E-state index contributed by atoms with van der Waals surface area (Å²) in [5, 5.41) is 3.07. The lowest BCUT2D eigenvalue weighted by Gasteiger charge is -2.01. The van der Waals surface area contributed by atoms with Crippen molar-refractivity contribution >= 4 is 15.9 Å². The Labute approximate surface area is 74.9 Å². The second-order valence-electron chi connectivity index (χ2n) is 2.30. The van der Waals surface area contributed by atoms with Gasteiger partial charge in [0, 0.05) is 12.7 Å². The van der Waals surface area contributed by atoms with E-state index in [-0.39, 0.29) is 0 Å². The minimum absolute atomic E-state index is 0.819. The molecule has 62 valence electrons. The Hall–Kier alpha value is -0.350. The summed E-state index contributed by atoms with van der Waals surface area (Å²) in [5.41, 5.74) is 0. The van der Waals surface area contributed by atoms with Crippen LogP contribution in [0.1, 0.15) is 12.7 Å². The second-order valence-corrected chi connectivity index (χ2v) is 3.11. The molecule has 0 fully saturated rings. The van der Waals surface area contributed by atoms with Gasteiger partial charge in [0.2, 0.25) is 0 Å². The van der Waals surface area contributed by atoms with Crippen molar-refractivity contribution in [2.45, 2.75) is 20.0 Å². The number of nitrogens with zero attached hydrogens (tertiary/aromatic N) is 2.